The Morgan fingerprint density at radius 2 is 1.86 bits per heavy atom. The molecule has 0 saturated heterocycles. The Morgan fingerprint density at radius 3 is 2.61 bits per heavy atom. The first-order chi connectivity index (χ1) is 13.7. The lowest BCUT2D eigenvalue weighted by Gasteiger charge is -2.12. The Kier molecular flexibility index (Phi) is 8.65. The lowest BCUT2D eigenvalue weighted by atomic mass is 10.2. The number of carbonyl (C=O) groups excluding carboxylic acids is 1. The lowest BCUT2D eigenvalue weighted by Crippen LogP contribution is -2.15. The SMILES string of the molecule is CCOC(=O)COc1ccc(/C=N\NCc2ccccc2OC)cc1OCC. The van der Waals surface area contributed by atoms with Crippen molar-refractivity contribution in [2.24, 2.45) is 5.10 Å². The number of para-hydroxylation sites is 1. The standard InChI is InChI=1S/C21H26N2O5/c1-4-26-20-12-16(10-11-19(20)28-15-21(24)27-5-2)13-22-23-14-17-8-6-7-9-18(17)25-3/h6-13,23H,4-5,14-15H2,1-3H3/b22-13-. The topological polar surface area (TPSA) is 78.4 Å². The van der Waals surface area contributed by atoms with E-state index in [-0.39, 0.29) is 6.61 Å². The summed E-state index contributed by atoms with van der Waals surface area (Å²) in [5.74, 6) is 1.41. The maximum Gasteiger partial charge on any atom is 0.344 e. The van der Waals surface area contributed by atoms with Gasteiger partial charge < -0.3 is 24.4 Å². The quantitative estimate of drug-likeness (QED) is 0.363. The second kappa shape index (κ2) is 11.5. The van der Waals surface area contributed by atoms with Crippen molar-refractivity contribution < 1.29 is 23.7 Å². The van der Waals surface area contributed by atoms with E-state index in [0.29, 0.717) is 31.3 Å². The molecule has 0 saturated carbocycles. The van der Waals surface area contributed by atoms with Crippen LogP contribution in [0, 0.1) is 0 Å². The minimum Gasteiger partial charge on any atom is -0.496 e. The van der Waals surface area contributed by atoms with Crippen LogP contribution >= 0.6 is 0 Å². The highest BCUT2D eigenvalue weighted by Gasteiger charge is 2.09. The molecule has 7 heteroatoms. The predicted octanol–water partition coefficient (Wildman–Crippen LogP) is 3.16. The summed E-state index contributed by atoms with van der Waals surface area (Å²) in [6, 6.07) is 13.1. The molecule has 1 N–H and O–H groups in total. The van der Waals surface area contributed by atoms with Gasteiger partial charge in [0.25, 0.3) is 0 Å². The second-order valence-corrected chi connectivity index (χ2v) is 5.64. The maximum absolute atomic E-state index is 11.5. The van der Waals surface area contributed by atoms with Crippen LogP contribution in [0.4, 0.5) is 0 Å². The number of nitrogens with one attached hydrogen (secondary N) is 1. The molecule has 0 radical (unpaired) electrons. The van der Waals surface area contributed by atoms with Crippen molar-refractivity contribution in [1.82, 2.24) is 5.43 Å². The maximum atomic E-state index is 11.5. The summed E-state index contributed by atoms with van der Waals surface area (Å²) in [6.07, 6.45) is 1.69. The number of benzene rings is 2. The van der Waals surface area contributed by atoms with Gasteiger partial charge in [-0.3, -0.25) is 0 Å². The molecular weight excluding hydrogens is 360 g/mol. The number of nitrogens with zero attached hydrogens (tertiary/aromatic N) is 1. The summed E-state index contributed by atoms with van der Waals surface area (Å²) in [6.45, 7) is 4.80. The molecule has 2 rings (SSSR count). The number of ether oxygens (including phenoxy) is 4. The van der Waals surface area contributed by atoms with E-state index in [1.54, 1.807) is 32.4 Å². The molecule has 2 aromatic rings. The fourth-order valence-electron chi connectivity index (χ4n) is 2.43. The molecule has 28 heavy (non-hydrogen) atoms. The molecule has 0 atom stereocenters. The largest absolute Gasteiger partial charge is 0.496 e. The van der Waals surface area contributed by atoms with Gasteiger partial charge in [0.1, 0.15) is 5.75 Å². The van der Waals surface area contributed by atoms with Gasteiger partial charge >= 0.3 is 5.97 Å². The number of hydrogen-bond acceptors (Lipinski definition) is 7. The van der Waals surface area contributed by atoms with Crippen LogP contribution in [0.2, 0.25) is 0 Å². The molecule has 0 amide bonds. The summed E-state index contributed by atoms with van der Waals surface area (Å²) in [5, 5.41) is 4.24. The number of esters is 1. The fraction of sp³-hybridized carbons (Fsp3) is 0.333. The first-order valence-corrected chi connectivity index (χ1v) is 9.11. The van der Waals surface area contributed by atoms with E-state index in [9.17, 15) is 4.79 Å². The van der Waals surface area contributed by atoms with E-state index in [4.69, 9.17) is 18.9 Å². The van der Waals surface area contributed by atoms with E-state index < -0.39 is 5.97 Å². The third kappa shape index (κ3) is 6.50. The zero-order valence-electron chi connectivity index (χ0n) is 16.4. The van der Waals surface area contributed by atoms with Crippen molar-refractivity contribution in [3.05, 3.63) is 53.6 Å². The average molecular weight is 386 g/mol. The van der Waals surface area contributed by atoms with Crippen LogP contribution in [0.15, 0.2) is 47.6 Å². The van der Waals surface area contributed by atoms with Gasteiger partial charge in [-0.1, -0.05) is 18.2 Å². The summed E-state index contributed by atoms with van der Waals surface area (Å²) in [4.78, 5) is 11.5. The third-order valence-electron chi connectivity index (χ3n) is 3.69. The average Bonchev–Trinajstić information content (AvgIpc) is 2.71. The summed E-state index contributed by atoms with van der Waals surface area (Å²) < 4.78 is 21.3. The smallest absolute Gasteiger partial charge is 0.344 e. The highest BCUT2D eigenvalue weighted by atomic mass is 16.6. The number of hydrogen-bond donors (Lipinski definition) is 1. The van der Waals surface area contributed by atoms with Crippen molar-refractivity contribution in [3.8, 4) is 17.2 Å². The molecule has 150 valence electrons. The number of rotatable bonds is 11. The zero-order valence-corrected chi connectivity index (χ0v) is 16.4. The molecule has 0 heterocycles. The highest BCUT2D eigenvalue weighted by molar-refractivity contribution is 5.80. The van der Waals surface area contributed by atoms with E-state index in [1.165, 1.54) is 0 Å². The summed E-state index contributed by atoms with van der Waals surface area (Å²) in [5.41, 5.74) is 4.85. The Bertz CT molecular complexity index is 792. The van der Waals surface area contributed by atoms with Crippen LogP contribution in [-0.2, 0) is 16.1 Å². The van der Waals surface area contributed by atoms with Gasteiger partial charge in [0.2, 0.25) is 0 Å². The Labute approximate surface area is 165 Å². The molecule has 7 nitrogen and oxygen atoms in total. The second-order valence-electron chi connectivity index (χ2n) is 5.64. The Morgan fingerprint density at radius 1 is 1.04 bits per heavy atom. The first kappa shape index (κ1) is 21.1. The van der Waals surface area contributed by atoms with Crippen LogP contribution in [-0.4, -0.2) is 39.1 Å². The summed E-state index contributed by atoms with van der Waals surface area (Å²) in [7, 11) is 1.64. The van der Waals surface area contributed by atoms with Crippen molar-refractivity contribution in [2.75, 3.05) is 26.9 Å². The van der Waals surface area contributed by atoms with Crippen LogP contribution in [0.25, 0.3) is 0 Å². The van der Waals surface area contributed by atoms with Crippen LogP contribution < -0.4 is 19.6 Å². The number of methoxy groups -OCH3 is 1. The highest BCUT2D eigenvalue weighted by Crippen LogP contribution is 2.28. The van der Waals surface area contributed by atoms with Crippen LogP contribution in [0.1, 0.15) is 25.0 Å². The number of hydrazone groups is 1. The molecule has 0 aliphatic rings. The van der Waals surface area contributed by atoms with Crippen molar-refractivity contribution >= 4 is 12.2 Å². The van der Waals surface area contributed by atoms with Crippen molar-refractivity contribution in [3.63, 3.8) is 0 Å². The van der Waals surface area contributed by atoms with Gasteiger partial charge in [-0.05, 0) is 43.7 Å². The van der Waals surface area contributed by atoms with Gasteiger partial charge in [-0.2, -0.15) is 5.10 Å². The van der Waals surface area contributed by atoms with Gasteiger partial charge in [-0.25, -0.2) is 4.79 Å². The zero-order chi connectivity index (χ0) is 20.2. The van der Waals surface area contributed by atoms with Gasteiger partial charge in [-0.15, -0.1) is 0 Å². The van der Waals surface area contributed by atoms with Crippen molar-refractivity contribution in [1.29, 1.82) is 0 Å². The molecule has 0 spiro atoms. The van der Waals surface area contributed by atoms with Crippen LogP contribution in [0.5, 0.6) is 17.2 Å². The molecule has 0 aromatic heterocycles. The fourth-order valence-corrected chi connectivity index (χ4v) is 2.43. The van der Waals surface area contributed by atoms with E-state index >= 15 is 0 Å². The minimum absolute atomic E-state index is 0.165. The van der Waals surface area contributed by atoms with Gasteiger partial charge in [0, 0.05) is 5.56 Å². The Hall–Kier alpha value is -3.22. The predicted molar refractivity (Wildman–Crippen MR) is 107 cm³/mol. The molecule has 0 fully saturated rings. The van der Waals surface area contributed by atoms with E-state index in [0.717, 1.165) is 16.9 Å². The summed E-state index contributed by atoms with van der Waals surface area (Å²) >= 11 is 0. The number of carbonyl (C=O) groups is 1. The molecular formula is C21H26N2O5. The molecule has 0 aliphatic heterocycles. The van der Waals surface area contributed by atoms with Gasteiger partial charge in [0.15, 0.2) is 18.1 Å². The monoisotopic (exact) mass is 386 g/mol. The van der Waals surface area contributed by atoms with Gasteiger partial charge in [0.05, 0.1) is 33.1 Å². The third-order valence-corrected chi connectivity index (χ3v) is 3.69. The minimum atomic E-state index is -0.420. The molecule has 0 aliphatic carbocycles. The molecule has 0 unspecified atom stereocenters. The normalized spacial score (nSPS) is 10.5. The van der Waals surface area contributed by atoms with E-state index in [1.807, 2.05) is 37.3 Å². The lowest BCUT2D eigenvalue weighted by molar-refractivity contribution is -0.145. The molecule has 0 bridgehead atoms. The molecule has 2 aromatic carbocycles. The Balaban J connectivity index is 1.98. The first-order valence-electron chi connectivity index (χ1n) is 9.11. The van der Waals surface area contributed by atoms with Crippen molar-refractivity contribution in [2.45, 2.75) is 20.4 Å². The van der Waals surface area contributed by atoms with Crippen LogP contribution in [0.3, 0.4) is 0 Å². The van der Waals surface area contributed by atoms with E-state index in [2.05, 4.69) is 10.5 Å².